The first-order valence-electron chi connectivity index (χ1n) is 9.59. The molecule has 3 rings (SSSR count). The number of carbonyl (C=O) groups is 1. The van der Waals surface area contributed by atoms with Gasteiger partial charge in [-0.1, -0.05) is 35.9 Å². The van der Waals surface area contributed by atoms with Gasteiger partial charge in [0.05, 0.1) is 11.5 Å². The van der Waals surface area contributed by atoms with E-state index in [1.807, 2.05) is 6.92 Å². The quantitative estimate of drug-likeness (QED) is 0.522. The van der Waals surface area contributed by atoms with E-state index in [1.165, 1.54) is 19.2 Å². The van der Waals surface area contributed by atoms with Crippen LogP contribution in [0.15, 0.2) is 59.5 Å². The number of hydrogen-bond donors (Lipinski definition) is 3. The third kappa shape index (κ3) is 5.48. The maximum absolute atomic E-state index is 12.4. The van der Waals surface area contributed by atoms with E-state index in [-0.39, 0.29) is 4.90 Å². The number of aliphatic hydroxyl groups is 2. The topological polar surface area (TPSA) is 131 Å². The van der Waals surface area contributed by atoms with Crippen molar-refractivity contribution in [1.82, 2.24) is 5.32 Å². The second-order valence-electron chi connectivity index (χ2n) is 7.18. The lowest BCUT2D eigenvalue weighted by molar-refractivity contribution is -0.259. The fourth-order valence-electron chi connectivity index (χ4n) is 3.18. The normalized spacial score (nSPS) is 26.4. The van der Waals surface area contributed by atoms with Crippen molar-refractivity contribution in [1.29, 1.82) is 0 Å². The number of aliphatic hydroxyl groups excluding tert-OH is 2. The molecule has 5 atom stereocenters. The number of ether oxygens (including phenoxy) is 2. The third-order valence-electron chi connectivity index (χ3n) is 4.96. The summed E-state index contributed by atoms with van der Waals surface area (Å²) < 4.78 is 40.6. The summed E-state index contributed by atoms with van der Waals surface area (Å²) in [6.07, 6.45) is -5.35. The van der Waals surface area contributed by atoms with Crippen molar-refractivity contribution in [2.45, 2.75) is 42.5 Å². The molecule has 2 aromatic carbocycles. The average molecular weight is 451 g/mol. The largest absolute Gasteiger partial charge is 0.388 e. The van der Waals surface area contributed by atoms with Gasteiger partial charge in [-0.05, 0) is 31.2 Å². The summed E-state index contributed by atoms with van der Waals surface area (Å²) >= 11 is 0. The molecule has 1 amide bonds. The summed E-state index contributed by atoms with van der Waals surface area (Å²) in [5.74, 6) is -0.487. The Labute approximate surface area is 180 Å². The summed E-state index contributed by atoms with van der Waals surface area (Å²) in [6.45, 7) is 1.27. The van der Waals surface area contributed by atoms with Crippen LogP contribution < -0.4 is 5.32 Å². The van der Waals surface area contributed by atoms with E-state index in [0.717, 1.165) is 5.56 Å². The zero-order valence-corrected chi connectivity index (χ0v) is 17.9. The van der Waals surface area contributed by atoms with Crippen LogP contribution in [0.2, 0.25) is 0 Å². The van der Waals surface area contributed by atoms with Gasteiger partial charge in [0.25, 0.3) is 16.0 Å². The molecule has 1 fully saturated rings. The Morgan fingerprint density at radius 1 is 1.06 bits per heavy atom. The lowest BCUT2D eigenvalue weighted by Gasteiger charge is -2.42. The first-order valence-corrected chi connectivity index (χ1v) is 11.0. The van der Waals surface area contributed by atoms with Crippen LogP contribution in [-0.2, 0) is 23.8 Å². The fraction of sp³-hybridized carbons (Fsp3) is 0.381. The number of methoxy groups -OCH3 is 1. The molecule has 0 spiro atoms. The number of amides is 1. The van der Waals surface area contributed by atoms with Crippen molar-refractivity contribution >= 4 is 16.0 Å². The van der Waals surface area contributed by atoms with E-state index in [2.05, 4.69) is 5.32 Å². The van der Waals surface area contributed by atoms with Crippen molar-refractivity contribution in [3.05, 3.63) is 65.7 Å². The molecular formula is C21H25NO8S. The number of carbonyl (C=O) groups excluding carboxylic acids is 1. The Hall–Kier alpha value is -2.34. The molecule has 1 aliphatic rings. The van der Waals surface area contributed by atoms with E-state index < -0.39 is 53.3 Å². The van der Waals surface area contributed by atoms with Gasteiger partial charge in [-0.3, -0.25) is 8.98 Å². The average Bonchev–Trinajstić information content (AvgIpc) is 2.77. The molecule has 0 saturated carbocycles. The number of nitrogens with one attached hydrogen (secondary N) is 1. The van der Waals surface area contributed by atoms with Crippen molar-refractivity contribution in [3.8, 4) is 0 Å². The summed E-state index contributed by atoms with van der Waals surface area (Å²) in [5, 5.41) is 23.6. The summed E-state index contributed by atoms with van der Waals surface area (Å²) in [6, 6.07) is 13.3. The predicted octanol–water partition coefficient (Wildman–Crippen LogP) is 0.592. The summed E-state index contributed by atoms with van der Waals surface area (Å²) in [5.41, 5.74) is 1.24. The van der Waals surface area contributed by atoms with E-state index in [1.54, 1.807) is 42.5 Å². The smallest absolute Gasteiger partial charge is 0.297 e. The highest BCUT2D eigenvalue weighted by Crippen LogP contribution is 2.24. The Kier molecular flexibility index (Phi) is 7.42. The highest BCUT2D eigenvalue weighted by atomic mass is 32.2. The number of aryl methyl sites for hydroxylation is 1. The second-order valence-corrected chi connectivity index (χ2v) is 8.79. The fourth-order valence-corrected chi connectivity index (χ4v) is 4.10. The van der Waals surface area contributed by atoms with E-state index in [9.17, 15) is 23.4 Å². The zero-order chi connectivity index (χ0) is 22.6. The van der Waals surface area contributed by atoms with Crippen molar-refractivity contribution in [3.63, 3.8) is 0 Å². The molecule has 0 aliphatic carbocycles. The maximum atomic E-state index is 12.4. The molecule has 3 N–H and O–H groups in total. The van der Waals surface area contributed by atoms with Crippen LogP contribution in [0.4, 0.5) is 0 Å². The third-order valence-corrected chi connectivity index (χ3v) is 6.26. The molecule has 0 radical (unpaired) electrons. The van der Waals surface area contributed by atoms with Gasteiger partial charge >= 0.3 is 0 Å². The second kappa shape index (κ2) is 9.86. The van der Waals surface area contributed by atoms with E-state index >= 15 is 0 Å². The van der Waals surface area contributed by atoms with Crippen LogP contribution in [0.1, 0.15) is 15.9 Å². The molecule has 1 saturated heterocycles. The van der Waals surface area contributed by atoms with Gasteiger partial charge in [0, 0.05) is 12.7 Å². The highest BCUT2D eigenvalue weighted by Gasteiger charge is 2.46. The summed E-state index contributed by atoms with van der Waals surface area (Å²) in [7, 11) is -2.79. The molecule has 168 valence electrons. The van der Waals surface area contributed by atoms with Crippen molar-refractivity contribution < 1.29 is 37.1 Å². The van der Waals surface area contributed by atoms with Gasteiger partial charge < -0.3 is 25.0 Å². The lowest BCUT2D eigenvalue weighted by atomic mass is 9.96. The standard InChI is InChI=1S/C21H25NO8S/c1-13-8-10-15(11-9-13)31(26,27)29-12-16-18(23)19(24)17(21(28-2)30-16)22-20(25)14-6-4-3-5-7-14/h3-11,16-19,21,23-24H,12H2,1-2H3,(H,22,25)/t16-,17-,18+,19-,21-/m1/s1. The molecule has 0 aromatic heterocycles. The lowest BCUT2D eigenvalue weighted by Crippen LogP contribution is -2.64. The molecule has 31 heavy (non-hydrogen) atoms. The SMILES string of the molecule is CO[C@@H]1O[C@H](COS(=O)(=O)c2ccc(C)cc2)[C@H](O)[C@H](O)[C@H]1NC(=O)c1ccccc1. The number of benzene rings is 2. The molecule has 9 nitrogen and oxygen atoms in total. The minimum atomic E-state index is -4.09. The van der Waals surface area contributed by atoms with E-state index in [4.69, 9.17) is 13.7 Å². The molecular weight excluding hydrogens is 426 g/mol. The predicted molar refractivity (Wildman–Crippen MR) is 110 cm³/mol. The van der Waals surface area contributed by atoms with Crippen molar-refractivity contribution in [2.24, 2.45) is 0 Å². The van der Waals surface area contributed by atoms with Gasteiger partial charge in [0.1, 0.15) is 24.4 Å². The first kappa shape index (κ1) is 23.3. The number of hydrogen-bond acceptors (Lipinski definition) is 8. The van der Waals surface area contributed by atoms with Gasteiger partial charge in [0.15, 0.2) is 6.29 Å². The van der Waals surface area contributed by atoms with E-state index in [0.29, 0.717) is 5.56 Å². The van der Waals surface area contributed by atoms with Crippen LogP contribution in [0.25, 0.3) is 0 Å². The Balaban J connectivity index is 1.67. The van der Waals surface area contributed by atoms with Crippen LogP contribution in [0.3, 0.4) is 0 Å². The Bertz CT molecular complexity index is 978. The molecule has 1 aliphatic heterocycles. The van der Waals surface area contributed by atoms with Crippen LogP contribution in [-0.4, -0.2) is 68.9 Å². The minimum absolute atomic E-state index is 0.0414. The molecule has 10 heteroatoms. The molecule has 0 unspecified atom stereocenters. The van der Waals surface area contributed by atoms with Gasteiger partial charge in [0.2, 0.25) is 0 Å². The van der Waals surface area contributed by atoms with Crippen molar-refractivity contribution in [2.75, 3.05) is 13.7 Å². The van der Waals surface area contributed by atoms with Gasteiger partial charge in [-0.15, -0.1) is 0 Å². The molecule has 1 heterocycles. The monoisotopic (exact) mass is 451 g/mol. The Morgan fingerprint density at radius 2 is 1.71 bits per heavy atom. The number of rotatable bonds is 7. The van der Waals surface area contributed by atoms with Crippen LogP contribution in [0.5, 0.6) is 0 Å². The summed E-state index contributed by atoms with van der Waals surface area (Å²) in [4.78, 5) is 12.4. The first-order chi connectivity index (χ1) is 14.7. The van der Waals surface area contributed by atoms with Gasteiger partial charge in [-0.2, -0.15) is 8.42 Å². The zero-order valence-electron chi connectivity index (χ0n) is 17.0. The van der Waals surface area contributed by atoms with Crippen LogP contribution in [0, 0.1) is 6.92 Å². The maximum Gasteiger partial charge on any atom is 0.297 e. The molecule has 0 bridgehead atoms. The highest BCUT2D eigenvalue weighted by molar-refractivity contribution is 7.86. The van der Waals surface area contributed by atoms with Crippen LogP contribution >= 0.6 is 0 Å². The minimum Gasteiger partial charge on any atom is -0.388 e. The Morgan fingerprint density at radius 3 is 2.32 bits per heavy atom. The van der Waals surface area contributed by atoms with Gasteiger partial charge in [-0.25, -0.2) is 0 Å². The molecule has 2 aromatic rings.